The molecule has 6 nitrogen and oxygen atoms in total. The summed E-state index contributed by atoms with van der Waals surface area (Å²) in [6, 6.07) is 16.9. The standard InChI is InChI=1S/C22H20ClN5O/c23-17-2-1-3-19(11-17)28(20-8-9-25-22(20)29)14-18-13-26-21(27-18)10-15-4-6-16(12-24)7-5-15/h1-7,11,13,20H,8-10,14H2,(H,25,29)(H,26,27). The summed E-state index contributed by atoms with van der Waals surface area (Å²) in [7, 11) is 0. The lowest BCUT2D eigenvalue weighted by atomic mass is 10.1. The van der Waals surface area contributed by atoms with E-state index in [0.29, 0.717) is 30.1 Å². The van der Waals surface area contributed by atoms with Crippen LogP contribution in [0.15, 0.2) is 54.7 Å². The van der Waals surface area contributed by atoms with E-state index >= 15 is 0 Å². The minimum Gasteiger partial charge on any atom is -0.354 e. The average molecular weight is 406 g/mol. The van der Waals surface area contributed by atoms with Crippen LogP contribution in [0.1, 0.15) is 29.1 Å². The van der Waals surface area contributed by atoms with E-state index in [4.69, 9.17) is 16.9 Å². The minimum absolute atomic E-state index is 0.0299. The fraction of sp³-hybridized carbons (Fsp3) is 0.227. The maximum atomic E-state index is 12.3. The lowest BCUT2D eigenvalue weighted by Crippen LogP contribution is -2.40. The summed E-state index contributed by atoms with van der Waals surface area (Å²) in [6.07, 6.45) is 3.20. The molecule has 1 saturated heterocycles. The number of nitrogens with one attached hydrogen (secondary N) is 2. The lowest BCUT2D eigenvalue weighted by molar-refractivity contribution is -0.120. The van der Waals surface area contributed by atoms with Crippen molar-refractivity contribution < 1.29 is 4.79 Å². The third kappa shape index (κ3) is 4.41. The molecule has 0 saturated carbocycles. The summed E-state index contributed by atoms with van der Waals surface area (Å²) in [6.45, 7) is 1.20. The normalized spacial score (nSPS) is 15.7. The van der Waals surface area contributed by atoms with Crippen LogP contribution in [0.25, 0.3) is 0 Å². The van der Waals surface area contributed by atoms with E-state index in [1.54, 1.807) is 12.1 Å². The van der Waals surface area contributed by atoms with Gasteiger partial charge < -0.3 is 15.2 Å². The van der Waals surface area contributed by atoms with Gasteiger partial charge in [0.25, 0.3) is 0 Å². The number of carbonyl (C=O) groups is 1. The quantitative estimate of drug-likeness (QED) is 0.658. The number of halogens is 1. The number of aromatic amines is 1. The Morgan fingerprint density at radius 1 is 1.24 bits per heavy atom. The van der Waals surface area contributed by atoms with Gasteiger partial charge in [0, 0.05) is 23.7 Å². The number of amides is 1. The summed E-state index contributed by atoms with van der Waals surface area (Å²) in [4.78, 5) is 22.2. The molecule has 146 valence electrons. The summed E-state index contributed by atoms with van der Waals surface area (Å²) in [5.74, 6) is 0.869. The number of hydrogen-bond acceptors (Lipinski definition) is 4. The monoisotopic (exact) mass is 405 g/mol. The van der Waals surface area contributed by atoms with Gasteiger partial charge in [-0.3, -0.25) is 4.79 Å². The molecule has 1 aliphatic rings. The van der Waals surface area contributed by atoms with E-state index in [1.807, 2.05) is 42.6 Å². The van der Waals surface area contributed by atoms with Crippen molar-refractivity contribution in [3.05, 3.63) is 82.4 Å². The van der Waals surface area contributed by atoms with Gasteiger partial charge in [-0.1, -0.05) is 29.8 Å². The van der Waals surface area contributed by atoms with Crippen LogP contribution in [0.5, 0.6) is 0 Å². The van der Waals surface area contributed by atoms with E-state index < -0.39 is 0 Å². The molecule has 1 aromatic heterocycles. The maximum Gasteiger partial charge on any atom is 0.242 e. The van der Waals surface area contributed by atoms with Crippen LogP contribution in [0, 0.1) is 11.3 Å². The van der Waals surface area contributed by atoms with E-state index in [-0.39, 0.29) is 11.9 Å². The van der Waals surface area contributed by atoms with E-state index in [1.165, 1.54) is 0 Å². The molecule has 1 atom stereocenters. The molecular formula is C22H20ClN5O. The number of nitrogens with zero attached hydrogens (tertiary/aromatic N) is 3. The van der Waals surface area contributed by atoms with Gasteiger partial charge in [0.2, 0.25) is 5.91 Å². The second-order valence-corrected chi connectivity index (χ2v) is 7.48. The van der Waals surface area contributed by atoms with Crippen molar-refractivity contribution >= 4 is 23.2 Å². The summed E-state index contributed by atoms with van der Waals surface area (Å²) >= 11 is 6.18. The van der Waals surface area contributed by atoms with Crippen molar-refractivity contribution in [2.45, 2.75) is 25.4 Å². The highest BCUT2D eigenvalue weighted by atomic mass is 35.5. The van der Waals surface area contributed by atoms with Crippen LogP contribution in [-0.4, -0.2) is 28.5 Å². The first-order chi connectivity index (χ1) is 14.1. The van der Waals surface area contributed by atoms with Crippen LogP contribution >= 0.6 is 11.6 Å². The van der Waals surface area contributed by atoms with E-state index in [9.17, 15) is 4.79 Å². The smallest absolute Gasteiger partial charge is 0.242 e. The fourth-order valence-electron chi connectivity index (χ4n) is 3.56. The van der Waals surface area contributed by atoms with E-state index in [2.05, 4.69) is 26.3 Å². The second-order valence-electron chi connectivity index (χ2n) is 7.04. The molecule has 0 bridgehead atoms. The molecule has 0 radical (unpaired) electrons. The summed E-state index contributed by atoms with van der Waals surface area (Å²) in [5.41, 5.74) is 3.55. The Hall–Kier alpha value is -3.30. The molecular weight excluding hydrogens is 386 g/mol. The van der Waals surface area contributed by atoms with Gasteiger partial charge in [-0.2, -0.15) is 5.26 Å². The van der Waals surface area contributed by atoms with Gasteiger partial charge in [0.05, 0.1) is 30.1 Å². The predicted molar refractivity (Wildman–Crippen MR) is 112 cm³/mol. The molecule has 2 aromatic carbocycles. The summed E-state index contributed by atoms with van der Waals surface area (Å²) < 4.78 is 0. The molecule has 29 heavy (non-hydrogen) atoms. The number of hydrogen-bond donors (Lipinski definition) is 2. The highest BCUT2D eigenvalue weighted by Gasteiger charge is 2.31. The van der Waals surface area contributed by atoms with Gasteiger partial charge >= 0.3 is 0 Å². The highest BCUT2D eigenvalue weighted by Crippen LogP contribution is 2.26. The van der Waals surface area contributed by atoms with Crippen molar-refractivity contribution in [3.8, 4) is 6.07 Å². The fourth-order valence-corrected chi connectivity index (χ4v) is 3.75. The molecule has 2 N–H and O–H groups in total. The van der Waals surface area contributed by atoms with E-state index in [0.717, 1.165) is 29.2 Å². The van der Waals surface area contributed by atoms with Gasteiger partial charge in [0.15, 0.2) is 0 Å². The van der Waals surface area contributed by atoms with Crippen molar-refractivity contribution in [1.82, 2.24) is 15.3 Å². The topological polar surface area (TPSA) is 84.8 Å². The molecule has 7 heteroatoms. The minimum atomic E-state index is -0.237. The van der Waals surface area contributed by atoms with Gasteiger partial charge in [-0.05, 0) is 42.3 Å². The number of imidazole rings is 1. The van der Waals surface area contributed by atoms with Crippen LogP contribution < -0.4 is 10.2 Å². The molecule has 0 aliphatic carbocycles. The second kappa shape index (κ2) is 8.38. The van der Waals surface area contributed by atoms with Crippen LogP contribution in [0.3, 0.4) is 0 Å². The number of anilines is 1. The first-order valence-electron chi connectivity index (χ1n) is 9.44. The molecule has 1 aliphatic heterocycles. The predicted octanol–water partition coefficient (Wildman–Crippen LogP) is 3.42. The van der Waals surface area contributed by atoms with Gasteiger partial charge in [-0.25, -0.2) is 4.98 Å². The van der Waals surface area contributed by atoms with Crippen molar-refractivity contribution in [1.29, 1.82) is 5.26 Å². The Balaban J connectivity index is 1.53. The molecule has 1 fully saturated rings. The van der Waals surface area contributed by atoms with Crippen molar-refractivity contribution in [3.63, 3.8) is 0 Å². The Morgan fingerprint density at radius 3 is 2.76 bits per heavy atom. The zero-order valence-corrected chi connectivity index (χ0v) is 16.5. The van der Waals surface area contributed by atoms with Crippen LogP contribution in [0.2, 0.25) is 5.02 Å². The third-order valence-electron chi connectivity index (χ3n) is 5.01. The average Bonchev–Trinajstić information content (AvgIpc) is 3.35. The van der Waals surface area contributed by atoms with Gasteiger partial charge in [-0.15, -0.1) is 0 Å². The zero-order valence-electron chi connectivity index (χ0n) is 15.7. The number of rotatable bonds is 6. The molecule has 3 aromatic rings. The highest BCUT2D eigenvalue weighted by molar-refractivity contribution is 6.30. The third-order valence-corrected chi connectivity index (χ3v) is 5.25. The number of H-pyrrole nitrogens is 1. The lowest BCUT2D eigenvalue weighted by Gasteiger charge is -2.29. The number of carbonyl (C=O) groups excluding carboxylic acids is 1. The number of nitriles is 1. The van der Waals surface area contributed by atoms with Crippen molar-refractivity contribution in [2.75, 3.05) is 11.4 Å². The maximum absolute atomic E-state index is 12.3. The van der Waals surface area contributed by atoms with Crippen LogP contribution in [-0.2, 0) is 17.8 Å². The summed E-state index contributed by atoms with van der Waals surface area (Å²) in [5, 5.41) is 12.5. The first-order valence-corrected chi connectivity index (χ1v) is 9.82. The Morgan fingerprint density at radius 2 is 2.07 bits per heavy atom. The largest absolute Gasteiger partial charge is 0.354 e. The number of aromatic nitrogens is 2. The Bertz CT molecular complexity index is 1050. The first kappa shape index (κ1) is 19.0. The molecule has 0 spiro atoms. The van der Waals surface area contributed by atoms with Crippen molar-refractivity contribution in [2.24, 2.45) is 0 Å². The van der Waals surface area contributed by atoms with Gasteiger partial charge in [0.1, 0.15) is 11.9 Å². The SMILES string of the molecule is N#Cc1ccc(Cc2ncc(CN(c3cccc(Cl)c3)C3CCNC3=O)[nH]2)cc1. The molecule has 4 rings (SSSR count). The molecule has 1 unspecified atom stereocenters. The molecule has 1 amide bonds. The number of benzene rings is 2. The Kier molecular flexibility index (Phi) is 5.50. The Labute approximate surface area is 174 Å². The van der Waals surface area contributed by atoms with Crippen LogP contribution in [0.4, 0.5) is 5.69 Å². The molecule has 2 heterocycles. The zero-order chi connectivity index (χ0) is 20.2.